The summed E-state index contributed by atoms with van der Waals surface area (Å²) in [5.41, 5.74) is 0. The van der Waals surface area contributed by atoms with Gasteiger partial charge in [-0.25, -0.2) is 0 Å². The molecule has 0 fully saturated rings. The topological polar surface area (TPSA) is 44.6 Å². The van der Waals surface area contributed by atoms with Crippen molar-refractivity contribution < 1.29 is 5.11 Å². The highest BCUT2D eigenvalue weighted by Gasteiger charge is 2.14. The van der Waals surface area contributed by atoms with Gasteiger partial charge in [-0.2, -0.15) is 0 Å². The van der Waals surface area contributed by atoms with Crippen LogP contribution in [-0.2, 0) is 0 Å². The second-order valence-corrected chi connectivity index (χ2v) is 7.79. The summed E-state index contributed by atoms with van der Waals surface area (Å²) in [6.07, 6.45) is 25.3. The van der Waals surface area contributed by atoms with E-state index in [9.17, 15) is 5.11 Å². The summed E-state index contributed by atoms with van der Waals surface area (Å²) in [6, 6.07) is 0. The van der Waals surface area contributed by atoms with Crippen LogP contribution in [0.3, 0.4) is 0 Å². The van der Waals surface area contributed by atoms with Crippen molar-refractivity contribution in [2.75, 3.05) is 13.1 Å². The molecule has 0 radical (unpaired) electrons. The van der Waals surface area contributed by atoms with Gasteiger partial charge in [-0.05, 0) is 32.1 Å². The molecule has 0 aliphatic carbocycles. The SMILES string of the molecule is CCCCCCCC/C=C\CCCCCCCCCC(O)C1=NCCN1. The number of aliphatic hydroxyl groups excluding tert-OH is 1. The average molecular weight is 365 g/mol. The van der Waals surface area contributed by atoms with Gasteiger partial charge in [-0.3, -0.25) is 4.99 Å². The summed E-state index contributed by atoms with van der Waals surface area (Å²) in [6.45, 7) is 3.99. The number of rotatable bonds is 18. The Morgan fingerprint density at radius 1 is 0.846 bits per heavy atom. The van der Waals surface area contributed by atoms with Crippen molar-refractivity contribution in [3.05, 3.63) is 12.2 Å². The molecule has 2 N–H and O–H groups in total. The standard InChI is InChI=1S/C23H44N2O/c1-2-3-4-5-6-7-8-9-10-11-12-13-14-15-16-17-18-19-22(26)23-24-20-21-25-23/h9-10,22,26H,2-8,11-21H2,1H3,(H,24,25)/b10-9-. The minimum absolute atomic E-state index is 0.361. The molecule has 26 heavy (non-hydrogen) atoms. The lowest BCUT2D eigenvalue weighted by Gasteiger charge is -2.10. The van der Waals surface area contributed by atoms with Crippen LogP contribution in [0, 0.1) is 0 Å². The third-order valence-electron chi connectivity index (χ3n) is 5.26. The average Bonchev–Trinajstić information content (AvgIpc) is 3.19. The number of nitrogens with zero attached hydrogens (tertiary/aromatic N) is 1. The zero-order chi connectivity index (χ0) is 18.7. The van der Waals surface area contributed by atoms with E-state index >= 15 is 0 Å². The molecule has 1 aliphatic rings. The van der Waals surface area contributed by atoms with E-state index in [0.29, 0.717) is 0 Å². The summed E-state index contributed by atoms with van der Waals surface area (Å²) in [4.78, 5) is 4.28. The first kappa shape index (κ1) is 23.2. The van der Waals surface area contributed by atoms with Crippen LogP contribution >= 0.6 is 0 Å². The molecular formula is C23H44N2O. The van der Waals surface area contributed by atoms with E-state index in [0.717, 1.165) is 31.8 Å². The largest absolute Gasteiger partial charge is 0.385 e. The van der Waals surface area contributed by atoms with Gasteiger partial charge in [0.1, 0.15) is 11.9 Å². The van der Waals surface area contributed by atoms with Crippen LogP contribution in [0.15, 0.2) is 17.1 Å². The number of unbranched alkanes of at least 4 members (excludes halogenated alkanes) is 13. The Morgan fingerprint density at radius 2 is 1.38 bits per heavy atom. The molecule has 0 aromatic carbocycles. The van der Waals surface area contributed by atoms with Crippen LogP contribution in [0.25, 0.3) is 0 Å². The molecule has 1 rings (SSSR count). The lowest BCUT2D eigenvalue weighted by molar-refractivity contribution is 0.223. The number of hydrogen-bond acceptors (Lipinski definition) is 3. The van der Waals surface area contributed by atoms with Gasteiger partial charge in [0.25, 0.3) is 0 Å². The number of hydrogen-bond donors (Lipinski definition) is 2. The highest BCUT2D eigenvalue weighted by Crippen LogP contribution is 2.12. The highest BCUT2D eigenvalue weighted by molar-refractivity contribution is 5.87. The molecule has 3 nitrogen and oxygen atoms in total. The molecule has 0 amide bonds. The van der Waals surface area contributed by atoms with Gasteiger partial charge in [0.15, 0.2) is 0 Å². The lowest BCUT2D eigenvalue weighted by atomic mass is 10.0. The van der Waals surface area contributed by atoms with E-state index in [-0.39, 0.29) is 6.10 Å². The van der Waals surface area contributed by atoms with Crippen LogP contribution in [0.2, 0.25) is 0 Å². The van der Waals surface area contributed by atoms with Crippen molar-refractivity contribution in [2.45, 2.75) is 116 Å². The van der Waals surface area contributed by atoms with Gasteiger partial charge in [-0.15, -0.1) is 0 Å². The summed E-state index contributed by atoms with van der Waals surface area (Å²) in [5.74, 6) is 0.814. The monoisotopic (exact) mass is 364 g/mol. The van der Waals surface area contributed by atoms with E-state index in [1.165, 1.54) is 89.9 Å². The first-order valence-electron chi connectivity index (χ1n) is 11.5. The van der Waals surface area contributed by atoms with E-state index in [4.69, 9.17) is 0 Å². The molecule has 0 saturated carbocycles. The molecule has 0 aromatic heterocycles. The second-order valence-electron chi connectivity index (χ2n) is 7.79. The first-order chi connectivity index (χ1) is 12.8. The normalized spacial score (nSPS) is 15.4. The fourth-order valence-corrected chi connectivity index (χ4v) is 3.54. The molecule has 1 aliphatic heterocycles. The molecule has 0 bridgehead atoms. The Morgan fingerprint density at radius 3 is 1.92 bits per heavy atom. The molecule has 1 atom stereocenters. The summed E-state index contributed by atoms with van der Waals surface area (Å²) >= 11 is 0. The summed E-state index contributed by atoms with van der Waals surface area (Å²) in [5, 5.41) is 13.1. The number of amidine groups is 1. The van der Waals surface area contributed by atoms with E-state index < -0.39 is 0 Å². The molecule has 1 unspecified atom stereocenters. The minimum Gasteiger partial charge on any atom is -0.385 e. The Hall–Kier alpha value is -0.830. The van der Waals surface area contributed by atoms with Gasteiger partial charge >= 0.3 is 0 Å². The Labute approximate surface area is 162 Å². The molecule has 0 spiro atoms. The van der Waals surface area contributed by atoms with E-state index in [1.54, 1.807) is 0 Å². The predicted octanol–water partition coefficient (Wildman–Crippen LogP) is 6.17. The van der Waals surface area contributed by atoms with Gasteiger partial charge in [-0.1, -0.05) is 89.7 Å². The summed E-state index contributed by atoms with van der Waals surface area (Å²) in [7, 11) is 0. The van der Waals surface area contributed by atoms with Crippen molar-refractivity contribution in [1.82, 2.24) is 5.32 Å². The molecule has 0 aromatic rings. The summed E-state index contributed by atoms with van der Waals surface area (Å²) < 4.78 is 0. The van der Waals surface area contributed by atoms with Crippen LogP contribution in [0.1, 0.15) is 110 Å². The van der Waals surface area contributed by atoms with Crippen LogP contribution in [0.4, 0.5) is 0 Å². The maximum atomic E-state index is 9.97. The maximum absolute atomic E-state index is 9.97. The van der Waals surface area contributed by atoms with Crippen LogP contribution in [-0.4, -0.2) is 30.1 Å². The molecule has 3 heteroatoms. The van der Waals surface area contributed by atoms with Crippen LogP contribution < -0.4 is 5.32 Å². The van der Waals surface area contributed by atoms with E-state index in [2.05, 4.69) is 29.4 Å². The maximum Gasteiger partial charge on any atom is 0.126 e. The van der Waals surface area contributed by atoms with Gasteiger partial charge < -0.3 is 10.4 Å². The first-order valence-corrected chi connectivity index (χ1v) is 11.5. The number of nitrogens with one attached hydrogen (secondary N) is 1. The fraction of sp³-hybridized carbons (Fsp3) is 0.870. The van der Waals surface area contributed by atoms with Crippen molar-refractivity contribution in [2.24, 2.45) is 4.99 Å². The Kier molecular flexibility index (Phi) is 15.7. The van der Waals surface area contributed by atoms with Crippen molar-refractivity contribution in [3.63, 3.8) is 0 Å². The zero-order valence-electron chi connectivity index (χ0n) is 17.4. The predicted molar refractivity (Wildman–Crippen MR) is 115 cm³/mol. The Bertz CT molecular complexity index is 365. The van der Waals surface area contributed by atoms with Crippen LogP contribution in [0.5, 0.6) is 0 Å². The molecular weight excluding hydrogens is 320 g/mol. The number of allylic oxidation sites excluding steroid dienone is 2. The molecule has 0 saturated heterocycles. The fourth-order valence-electron chi connectivity index (χ4n) is 3.54. The third kappa shape index (κ3) is 13.4. The lowest BCUT2D eigenvalue weighted by Crippen LogP contribution is -2.31. The van der Waals surface area contributed by atoms with Crippen molar-refractivity contribution in [3.8, 4) is 0 Å². The smallest absolute Gasteiger partial charge is 0.126 e. The third-order valence-corrected chi connectivity index (χ3v) is 5.26. The van der Waals surface area contributed by atoms with Gasteiger partial charge in [0.05, 0.1) is 6.54 Å². The second kappa shape index (κ2) is 17.6. The van der Waals surface area contributed by atoms with Crippen molar-refractivity contribution in [1.29, 1.82) is 0 Å². The number of aliphatic imine (C=N–C) groups is 1. The minimum atomic E-state index is -0.361. The van der Waals surface area contributed by atoms with Crippen molar-refractivity contribution >= 4 is 5.84 Å². The van der Waals surface area contributed by atoms with Gasteiger partial charge in [0.2, 0.25) is 0 Å². The quantitative estimate of drug-likeness (QED) is 0.226. The highest BCUT2D eigenvalue weighted by atomic mass is 16.3. The number of aliphatic hydroxyl groups is 1. The Balaban J connectivity index is 1.74. The zero-order valence-corrected chi connectivity index (χ0v) is 17.4. The van der Waals surface area contributed by atoms with E-state index in [1.807, 2.05) is 0 Å². The van der Waals surface area contributed by atoms with Gasteiger partial charge in [0, 0.05) is 6.54 Å². The molecule has 1 heterocycles. The molecule has 152 valence electrons.